The van der Waals surface area contributed by atoms with E-state index in [0.29, 0.717) is 23.7 Å². The van der Waals surface area contributed by atoms with Crippen molar-refractivity contribution in [3.8, 4) is 5.75 Å². The predicted octanol–water partition coefficient (Wildman–Crippen LogP) is 1.59. The molecule has 0 bridgehead atoms. The molecule has 0 aliphatic rings. The molecule has 0 saturated carbocycles. The third-order valence-corrected chi connectivity index (χ3v) is 1.92. The van der Waals surface area contributed by atoms with Crippen LogP contribution in [0, 0.1) is 0 Å². The van der Waals surface area contributed by atoms with Gasteiger partial charge in [0.1, 0.15) is 5.75 Å². The molecule has 1 aromatic rings. The fraction of sp³-hybridized carbons (Fsp3) is 0.222. The molecule has 0 aliphatic heterocycles. The zero-order valence-electron chi connectivity index (χ0n) is 7.21. The number of amides is 1. The Morgan fingerprint density at radius 3 is 3.00 bits per heavy atom. The van der Waals surface area contributed by atoms with Crippen molar-refractivity contribution in [1.82, 2.24) is 5.32 Å². The Morgan fingerprint density at radius 1 is 1.62 bits per heavy atom. The molecule has 3 nitrogen and oxygen atoms in total. The van der Waals surface area contributed by atoms with Crippen molar-refractivity contribution < 1.29 is 9.53 Å². The Kier molecular flexibility index (Phi) is 3.58. The highest BCUT2D eigenvalue weighted by atomic mass is 35.5. The number of rotatable bonds is 4. The summed E-state index contributed by atoms with van der Waals surface area (Å²) in [6, 6.07) is 5.36. The minimum absolute atomic E-state index is 0.483. The van der Waals surface area contributed by atoms with Crippen LogP contribution in [0.4, 0.5) is 0 Å². The van der Waals surface area contributed by atoms with Crippen molar-refractivity contribution in [2.75, 3.05) is 7.11 Å². The Hall–Kier alpha value is -1.22. The molecule has 0 spiro atoms. The van der Waals surface area contributed by atoms with Crippen LogP contribution in [0.1, 0.15) is 5.56 Å². The second-order valence-electron chi connectivity index (χ2n) is 2.47. The van der Waals surface area contributed by atoms with E-state index in [1.54, 1.807) is 19.2 Å². The molecule has 0 radical (unpaired) electrons. The van der Waals surface area contributed by atoms with Gasteiger partial charge in [0.05, 0.1) is 12.1 Å². The van der Waals surface area contributed by atoms with E-state index < -0.39 is 0 Å². The van der Waals surface area contributed by atoms with E-state index in [4.69, 9.17) is 16.3 Å². The molecule has 4 heteroatoms. The van der Waals surface area contributed by atoms with E-state index in [-0.39, 0.29) is 0 Å². The van der Waals surface area contributed by atoms with Gasteiger partial charge in [-0.05, 0) is 17.7 Å². The molecule has 0 unspecified atom stereocenters. The molecular weight excluding hydrogens is 190 g/mol. The van der Waals surface area contributed by atoms with E-state index in [9.17, 15) is 4.79 Å². The van der Waals surface area contributed by atoms with Crippen LogP contribution in [0.2, 0.25) is 5.02 Å². The molecule has 13 heavy (non-hydrogen) atoms. The summed E-state index contributed by atoms with van der Waals surface area (Å²) in [5.74, 6) is 0.617. The van der Waals surface area contributed by atoms with Gasteiger partial charge in [0.15, 0.2) is 0 Å². The number of hydrogen-bond donors (Lipinski definition) is 1. The lowest BCUT2D eigenvalue weighted by Crippen LogP contribution is -2.09. The van der Waals surface area contributed by atoms with Crippen LogP contribution in [0.15, 0.2) is 18.2 Å². The smallest absolute Gasteiger partial charge is 0.207 e. The summed E-state index contributed by atoms with van der Waals surface area (Å²) >= 11 is 5.82. The summed E-state index contributed by atoms with van der Waals surface area (Å²) in [5, 5.41) is 3.12. The molecule has 0 aliphatic carbocycles. The highest BCUT2D eigenvalue weighted by Gasteiger charge is 2.00. The fourth-order valence-corrected chi connectivity index (χ4v) is 1.17. The van der Waals surface area contributed by atoms with E-state index in [0.717, 1.165) is 5.56 Å². The van der Waals surface area contributed by atoms with E-state index >= 15 is 0 Å². The zero-order valence-corrected chi connectivity index (χ0v) is 7.97. The first-order valence-corrected chi connectivity index (χ1v) is 4.15. The van der Waals surface area contributed by atoms with Crippen LogP contribution < -0.4 is 10.1 Å². The quantitative estimate of drug-likeness (QED) is 0.748. The molecule has 70 valence electrons. The summed E-state index contributed by atoms with van der Waals surface area (Å²) in [6.07, 6.45) is 0.654. The minimum Gasteiger partial charge on any atom is -0.495 e. The maximum Gasteiger partial charge on any atom is 0.207 e. The van der Waals surface area contributed by atoms with Crippen LogP contribution in [-0.4, -0.2) is 13.5 Å². The zero-order chi connectivity index (χ0) is 9.68. The van der Waals surface area contributed by atoms with Crippen LogP contribution in [0.3, 0.4) is 0 Å². The number of benzene rings is 1. The molecule has 0 aromatic heterocycles. The van der Waals surface area contributed by atoms with Gasteiger partial charge < -0.3 is 10.1 Å². The van der Waals surface area contributed by atoms with Crippen LogP contribution in [-0.2, 0) is 11.3 Å². The minimum atomic E-state index is 0.483. The predicted molar refractivity (Wildman–Crippen MR) is 50.9 cm³/mol. The third kappa shape index (κ3) is 2.63. The van der Waals surface area contributed by atoms with E-state index in [1.165, 1.54) is 0 Å². The van der Waals surface area contributed by atoms with Gasteiger partial charge in [-0.25, -0.2) is 0 Å². The van der Waals surface area contributed by atoms with Gasteiger partial charge in [0.25, 0.3) is 0 Å². The summed E-state index contributed by atoms with van der Waals surface area (Å²) < 4.78 is 5.02. The second-order valence-corrected chi connectivity index (χ2v) is 2.87. The van der Waals surface area contributed by atoms with Gasteiger partial charge in [-0.2, -0.15) is 0 Å². The molecule has 0 heterocycles. The lowest BCUT2D eigenvalue weighted by Gasteiger charge is -2.05. The standard InChI is InChI=1S/C9H10ClNO2/c1-13-9-4-7(5-11-6-12)2-3-8(9)10/h2-4,6H,5H2,1H3,(H,11,12). The first kappa shape index (κ1) is 9.86. The van der Waals surface area contributed by atoms with Gasteiger partial charge in [-0.1, -0.05) is 17.7 Å². The highest BCUT2D eigenvalue weighted by molar-refractivity contribution is 6.32. The van der Waals surface area contributed by atoms with Gasteiger partial charge in [-0.15, -0.1) is 0 Å². The summed E-state index contributed by atoms with van der Waals surface area (Å²) in [5.41, 5.74) is 0.952. The lowest BCUT2D eigenvalue weighted by atomic mass is 10.2. The number of methoxy groups -OCH3 is 1. The molecule has 0 saturated heterocycles. The maximum absolute atomic E-state index is 10.0. The average molecular weight is 200 g/mol. The molecule has 1 rings (SSSR count). The number of halogens is 1. The van der Waals surface area contributed by atoms with Crippen molar-refractivity contribution in [1.29, 1.82) is 0 Å². The molecule has 1 amide bonds. The van der Waals surface area contributed by atoms with Gasteiger partial charge in [-0.3, -0.25) is 4.79 Å². The van der Waals surface area contributed by atoms with Crippen LogP contribution in [0.25, 0.3) is 0 Å². The number of nitrogens with one attached hydrogen (secondary N) is 1. The largest absolute Gasteiger partial charge is 0.495 e. The molecular formula is C9H10ClNO2. The topological polar surface area (TPSA) is 38.3 Å². The Morgan fingerprint density at radius 2 is 2.38 bits per heavy atom. The van der Waals surface area contributed by atoms with Crippen molar-refractivity contribution in [2.45, 2.75) is 6.54 Å². The summed E-state index contributed by atoms with van der Waals surface area (Å²) in [4.78, 5) is 10.0. The lowest BCUT2D eigenvalue weighted by molar-refractivity contribution is -0.109. The first-order chi connectivity index (χ1) is 6.27. The molecule has 1 N–H and O–H groups in total. The van der Waals surface area contributed by atoms with Gasteiger partial charge in [0, 0.05) is 6.54 Å². The summed E-state index contributed by atoms with van der Waals surface area (Å²) in [6.45, 7) is 0.483. The summed E-state index contributed by atoms with van der Waals surface area (Å²) in [7, 11) is 1.55. The average Bonchev–Trinajstić information content (AvgIpc) is 2.16. The number of hydrogen-bond acceptors (Lipinski definition) is 2. The number of ether oxygens (including phenoxy) is 1. The van der Waals surface area contributed by atoms with Gasteiger partial charge in [0.2, 0.25) is 6.41 Å². The maximum atomic E-state index is 10.0. The van der Waals surface area contributed by atoms with Crippen molar-refractivity contribution in [3.05, 3.63) is 28.8 Å². The van der Waals surface area contributed by atoms with E-state index in [1.807, 2.05) is 6.07 Å². The molecule has 0 atom stereocenters. The van der Waals surface area contributed by atoms with Crippen molar-refractivity contribution >= 4 is 18.0 Å². The fourth-order valence-electron chi connectivity index (χ4n) is 0.974. The monoisotopic (exact) mass is 199 g/mol. The van der Waals surface area contributed by atoms with E-state index in [2.05, 4.69) is 5.32 Å². The normalized spacial score (nSPS) is 9.38. The number of carbonyl (C=O) groups excluding carboxylic acids is 1. The van der Waals surface area contributed by atoms with Crippen molar-refractivity contribution in [3.63, 3.8) is 0 Å². The van der Waals surface area contributed by atoms with Crippen LogP contribution in [0.5, 0.6) is 5.75 Å². The van der Waals surface area contributed by atoms with Gasteiger partial charge >= 0.3 is 0 Å². The SMILES string of the molecule is COc1cc(CNC=O)ccc1Cl. The second kappa shape index (κ2) is 4.72. The highest BCUT2D eigenvalue weighted by Crippen LogP contribution is 2.24. The first-order valence-electron chi connectivity index (χ1n) is 3.77. The van der Waals surface area contributed by atoms with Crippen LogP contribution >= 0.6 is 11.6 Å². The third-order valence-electron chi connectivity index (χ3n) is 1.61. The Balaban J connectivity index is 2.79. The van der Waals surface area contributed by atoms with Crippen molar-refractivity contribution in [2.24, 2.45) is 0 Å². The molecule has 0 fully saturated rings. The molecule has 1 aromatic carbocycles. The Bertz CT molecular complexity index is 302. The number of carbonyl (C=O) groups is 1. The Labute approximate surface area is 81.7 Å².